The largest absolute Gasteiger partial charge is 0.168 e. The lowest BCUT2D eigenvalue weighted by Crippen LogP contribution is -2.14. The number of hydrogen-bond acceptors (Lipinski definition) is 0. The highest BCUT2D eigenvalue weighted by atomic mass is 35.6. The molecule has 0 fully saturated rings. The highest BCUT2D eigenvalue weighted by molar-refractivity contribution is 7.19. The quantitative estimate of drug-likeness (QED) is 0.484. The summed E-state index contributed by atoms with van der Waals surface area (Å²) in [6.07, 6.45) is 1.24. The van der Waals surface area contributed by atoms with E-state index in [1.54, 1.807) is 0 Å². The lowest BCUT2D eigenvalue weighted by molar-refractivity contribution is 1.06. The number of hydrogen-bond donors (Lipinski definition) is 0. The molecule has 0 aliphatic heterocycles. The minimum absolute atomic E-state index is 1.18. The van der Waals surface area contributed by atoms with Gasteiger partial charge in [0.05, 0.1) is 0 Å². The second-order valence-corrected chi connectivity index (χ2v) is 11.8. The maximum Gasteiger partial charge on any atom is 0.150 e. The van der Waals surface area contributed by atoms with Crippen LogP contribution in [-0.2, 0) is 0 Å². The molecule has 0 N–H and O–H groups in total. The molecule has 17 heavy (non-hydrogen) atoms. The lowest BCUT2D eigenvalue weighted by atomic mass is 10.1. The number of rotatable bonds is 2. The molecule has 0 radical (unpaired) electrons. The molecule has 0 aliphatic rings. The first kappa shape index (κ1) is 14.3. The Morgan fingerprint density at radius 2 is 1.24 bits per heavy atom. The Balaban J connectivity index is 0.000000185. The molecule has 0 spiro atoms. The zero-order valence-corrected chi connectivity index (χ0v) is 12.7. The lowest BCUT2D eigenvalue weighted by Gasteiger charge is -2.08. The van der Waals surface area contributed by atoms with Crippen molar-refractivity contribution in [2.45, 2.75) is 32.5 Å². The van der Waals surface area contributed by atoms with Crippen molar-refractivity contribution < 1.29 is 0 Å². The Morgan fingerprint density at radius 1 is 0.882 bits per heavy atom. The van der Waals surface area contributed by atoms with E-state index in [2.05, 4.69) is 68.5 Å². The van der Waals surface area contributed by atoms with Crippen LogP contribution in [0.25, 0.3) is 10.8 Å². The van der Waals surface area contributed by atoms with Crippen LogP contribution >= 0.6 is 11.1 Å². The molecule has 0 nitrogen and oxygen atoms in total. The molecular formula is C15H21ClSi. The zero-order chi connectivity index (χ0) is 12.7. The normalized spacial score (nSPS) is 10.8. The van der Waals surface area contributed by atoms with Crippen LogP contribution in [0.15, 0.2) is 48.5 Å². The second kappa shape index (κ2) is 6.82. The van der Waals surface area contributed by atoms with Gasteiger partial charge in [-0.3, -0.25) is 0 Å². The first-order valence-electron chi connectivity index (χ1n) is 6.15. The maximum absolute atomic E-state index is 5.97. The summed E-state index contributed by atoms with van der Waals surface area (Å²) in [7, 11) is -1.18. The third kappa shape index (κ3) is 5.90. The Kier molecular flexibility index (Phi) is 5.73. The Hall–Kier alpha value is -0.793. The molecule has 0 amide bonds. The molecule has 0 unspecified atom stereocenters. The van der Waals surface area contributed by atoms with E-state index in [1.807, 2.05) is 0 Å². The molecule has 0 heterocycles. The summed E-state index contributed by atoms with van der Waals surface area (Å²) in [4.78, 5) is 0. The summed E-state index contributed by atoms with van der Waals surface area (Å²) >= 11 is 5.97. The van der Waals surface area contributed by atoms with Gasteiger partial charge in [-0.15, -0.1) is 0 Å². The van der Waals surface area contributed by atoms with Gasteiger partial charge >= 0.3 is 0 Å². The van der Waals surface area contributed by atoms with Gasteiger partial charge in [-0.2, -0.15) is 11.1 Å². The van der Waals surface area contributed by atoms with Gasteiger partial charge in [-0.1, -0.05) is 75.0 Å². The average Bonchev–Trinajstić information content (AvgIpc) is 2.28. The van der Waals surface area contributed by atoms with Gasteiger partial charge < -0.3 is 0 Å². The minimum atomic E-state index is -1.18. The van der Waals surface area contributed by atoms with Crippen molar-refractivity contribution >= 4 is 29.2 Å². The van der Waals surface area contributed by atoms with E-state index in [1.165, 1.54) is 23.2 Å². The monoisotopic (exact) mass is 264 g/mol. The summed E-state index contributed by atoms with van der Waals surface area (Å²) in [5.41, 5.74) is 0. The maximum atomic E-state index is 5.97. The smallest absolute Gasteiger partial charge is 0.150 e. The molecule has 2 aromatic rings. The fraction of sp³-hybridized carbons (Fsp3) is 0.333. The standard InChI is InChI=1S/C10H8.C5H13ClSi/c1-2-6-10-8-4-3-7-9(10)5-1;1-4-5-7(2,3)6/h1-8H;4-5H2,1-3H3. The van der Waals surface area contributed by atoms with Crippen LogP contribution in [-0.4, -0.2) is 7.38 Å². The molecule has 0 aliphatic carbocycles. The van der Waals surface area contributed by atoms with Crippen LogP contribution in [0.1, 0.15) is 13.3 Å². The van der Waals surface area contributed by atoms with Gasteiger partial charge in [0, 0.05) is 0 Å². The molecule has 0 saturated heterocycles. The van der Waals surface area contributed by atoms with Gasteiger partial charge in [-0.25, -0.2) is 0 Å². The first-order valence-corrected chi connectivity index (χ1v) is 10.4. The molecule has 0 saturated carbocycles. The molecule has 92 valence electrons. The summed E-state index contributed by atoms with van der Waals surface area (Å²) in [5, 5.41) is 2.62. The molecule has 2 heteroatoms. The summed E-state index contributed by atoms with van der Waals surface area (Å²) in [6, 6.07) is 18.0. The molecule has 0 atom stereocenters. The van der Waals surface area contributed by atoms with E-state index < -0.39 is 7.38 Å². The average molecular weight is 265 g/mol. The van der Waals surface area contributed by atoms with Crippen molar-refractivity contribution in [2.75, 3.05) is 0 Å². The zero-order valence-electron chi connectivity index (χ0n) is 10.9. The van der Waals surface area contributed by atoms with Crippen LogP contribution in [0.5, 0.6) is 0 Å². The Bertz CT molecular complexity index is 380. The molecular weight excluding hydrogens is 244 g/mol. The van der Waals surface area contributed by atoms with Gasteiger partial charge in [-0.05, 0) is 16.8 Å². The Labute approximate surface area is 110 Å². The van der Waals surface area contributed by atoms with Crippen molar-refractivity contribution in [1.82, 2.24) is 0 Å². The van der Waals surface area contributed by atoms with Gasteiger partial charge in [0.25, 0.3) is 0 Å². The number of fused-ring (bicyclic) bond motifs is 1. The predicted octanol–water partition coefficient (Wildman–Crippen LogP) is 5.68. The van der Waals surface area contributed by atoms with E-state index in [0.717, 1.165) is 0 Å². The van der Waals surface area contributed by atoms with Crippen LogP contribution in [0.2, 0.25) is 19.1 Å². The summed E-state index contributed by atoms with van der Waals surface area (Å²) in [5.74, 6) is 0. The van der Waals surface area contributed by atoms with Crippen LogP contribution in [0.3, 0.4) is 0 Å². The van der Waals surface area contributed by atoms with Crippen LogP contribution in [0.4, 0.5) is 0 Å². The fourth-order valence-electron chi connectivity index (χ4n) is 1.73. The Morgan fingerprint density at radius 3 is 1.41 bits per heavy atom. The van der Waals surface area contributed by atoms with Crippen molar-refractivity contribution in [1.29, 1.82) is 0 Å². The van der Waals surface area contributed by atoms with Crippen molar-refractivity contribution in [2.24, 2.45) is 0 Å². The molecule has 0 aromatic heterocycles. The minimum Gasteiger partial charge on any atom is -0.168 e. The third-order valence-corrected chi connectivity index (χ3v) is 4.76. The fourth-order valence-corrected chi connectivity index (χ4v) is 3.48. The van der Waals surface area contributed by atoms with Crippen LogP contribution in [0, 0.1) is 0 Å². The van der Waals surface area contributed by atoms with Gasteiger partial charge in [0.1, 0.15) is 7.38 Å². The van der Waals surface area contributed by atoms with Crippen molar-refractivity contribution in [3.05, 3.63) is 48.5 Å². The topological polar surface area (TPSA) is 0 Å². The summed E-state index contributed by atoms with van der Waals surface area (Å²) < 4.78 is 0. The van der Waals surface area contributed by atoms with E-state index in [4.69, 9.17) is 11.1 Å². The third-order valence-electron chi connectivity index (χ3n) is 2.50. The van der Waals surface area contributed by atoms with E-state index in [0.29, 0.717) is 0 Å². The molecule has 2 aromatic carbocycles. The molecule has 0 bridgehead atoms. The van der Waals surface area contributed by atoms with E-state index >= 15 is 0 Å². The highest BCUT2D eigenvalue weighted by Gasteiger charge is 2.13. The SMILES string of the molecule is CCC[Si](C)(C)Cl.c1ccc2ccccc2c1. The van der Waals surface area contributed by atoms with E-state index in [9.17, 15) is 0 Å². The van der Waals surface area contributed by atoms with Gasteiger partial charge in [0.15, 0.2) is 0 Å². The predicted molar refractivity (Wildman–Crippen MR) is 82.4 cm³/mol. The number of benzene rings is 2. The van der Waals surface area contributed by atoms with Crippen molar-refractivity contribution in [3.8, 4) is 0 Å². The summed E-state index contributed by atoms with van der Waals surface area (Å²) in [6.45, 7) is 6.53. The molecule has 2 rings (SSSR count). The second-order valence-electron chi connectivity index (χ2n) is 4.82. The first-order chi connectivity index (χ1) is 8.03. The van der Waals surface area contributed by atoms with Gasteiger partial charge in [0.2, 0.25) is 0 Å². The number of halogens is 1. The van der Waals surface area contributed by atoms with Crippen LogP contribution < -0.4 is 0 Å². The van der Waals surface area contributed by atoms with E-state index in [-0.39, 0.29) is 0 Å². The van der Waals surface area contributed by atoms with Crippen molar-refractivity contribution in [3.63, 3.8) is 0 Å². The highest BCUT2D eigenvalue weighted by Crippen LogP contribution is 2.15.